The van der Waals surface area contributed by atoms with E-state index >= 15 is 0 Å². The Morgan fingerprint density at radius 2 is 2.11 bits per heavy atom. The lowest BCUT2D eigenvalue weighted by molar-refractivity contribution is -0.0964. The molecule has 1 atom stereocenters. The average molecular weight is 255 g/mol. The number of hydrogen-bond acceptors (Lipinski definition) is 4. The largest absolute Gasteiger partial charge is 0.390 e. The van der Waals surface area contributed by atoms with Gasteiger partial charge in [0, 0.05) is 19.6 Å². The third-order valence-corrected chi connectivity index (χ3v) is 2.93. The van der Waals surface area contributed by atoms with Gasteiger partial charge in [-0.2, -0.15) is 5.10 Å². The van der Waals surface area contributed by atoms with Gasteiger partial charge in [0.1, 0.15) is 12.2 Å². The molecular weight excluding hydrogens is 230 g/mol. The summed E-state index contributed by atoms with van der Waals surface area (Å²) in [7, 11) is 0. The Labute approximate surface area is 109 Å². The molecule has 1 aromatic rings. The van der Waals surface area contributed by atoms with E-state index in [1.807, 2.05) is 25.5 Å². The van der Waals surface area contributed by atoms with E-state index in [0.717, 1.165) is 12.4 Å². The van der Waals surface area contributed by atoms with Gasteiger partial charge < -0.3 is 9.84 Å². The van der Waals surface area contributed by atoms with Crippen LogP contribution in [-0.2, 0) is 17.7 Å². The van der Waals surface area contributed by atoms with Crippen molar-refractivity contribution < 1.29 is 9.84 Å². The van der Waals surface area contributed by atoms with E-state index in [1.54, 1.807) is 0 Å². The van der Waals surface area contributed by atoms with Gasteiger partial charge in [-0.25, -0.2) is 9.67 Å². The first kappa shape index (κ1) is 15.1. The molecule has 0 saturated carbocycles. The lowest BCUT2D eigenvalue weighted by atomic mass is 9.98. The lowest BCUT2D eigenvalue weighted by Crippen LogP contribution is -2.41. The first-order valence-corrected chi connectivity index (χ1v) is 6.55. The van der Waals surface area contributed by atoms with Crippen molar-refractivity contribution in [3.63, 3.8) is 0 Å². The van der Waals surface area contributed by atoms with E-state index in [0.29, 0.717) is 18.9 Å². The Balaban J connectivity index is 2.69. The van der Waals surface area contributed by atoms with Crippen LogP contribution in [0.5, 0.6) is 0 Å². The Morgan fingerprint density at radius 1 is 1.44 bits per heavy atom. The molecule has 0 bridgehead atoms. The zero-order valence-corrected chi connectivity index (χ0v) is 12.1. The van der Waals surface area contributed by atoms with Crippen molar-refractivity contribution in [2.24, 2.45) is 5.92 Å². The van der Waals surface area contributed by atoms with Gasteiger partial charge in [-0.1, -0.05) is 13.8 Å². The summed E-state index contributed by atoms with van der Waals surface area (Å²) >= 11 is 0. The molecule has 104 valence electrons. The van der Waals surface area contributed by atoms with Crippen molar-refractivity contribution in [2.75, 3.05) is 6.61 Å². The van der Waals surface area contributed by atoms with E-state index in [1.165, 1.54) is 6.33 Å². The SMILES string of the molecule is CCOC(C)(C)C(O)Cc1ncnn1CC(C)C. The molecule has 0 aromatic carbocycles. The maximum atomic E-state index is 10.2. The van der Waals surface area contributed by atoms with Crippen LogP contribution in [0, 0.1) is 5.92 Å². The van der Waals surface area contributed by atoms with Crippen LogP contribution in [0.2, 0.25) is 0 Å². The van der Waals surface area contributed by atoms with Gasteiger partial charge in [0.25, 0.3) is 0 Å². The predicted octanol–water partition coefficient (Wildman–Crippen LogP) is 1.65. The van der Waals surface area contributed by atoms with Crippen LogP contribution in [0.25, 0.3) is 0 Å². The zero-order chi connectivity index (χ0) is 13.8. The fraction of sp³-hybridized carbons (Fsp3) is 0.846. The van der Waals surface area contributed by atoms with Crippen molar-refractivity contribution in [1.29, 1.82) is 0 Å². The van der Waals surface area contributed by atoms with E-state index in [-0.39, 0.29) is 0 Å². The third-order valence-electron chi connectivity index (χ3n) is 2.93. The predicted molar refractivity (Wildman–Crippen MR) is 70.3 cm³/mol. The van der Waals surface area contributed by atoms with Gasteiger partial charge in [0.05, 0.1) is 11.7 Å². The standard InChI is InChI=1S/C13H25N3O2/c1-6-18-13(4,5)11(17)7-12-14-9-15-16(12)8-10(2)3/h9-11,17H,6-8H2,1-5H3. The number of hydrogen-bond donors (Lipinski definition) is 1. The molecule has 5 nitrogen and oxygen atoms in total. The van der Waals surface area contributed by atoms with E-state index in [2.05, 4.69) is 23.9 Å². The number of rotatable bonds is 7. The highest BCUT2D eigenvalue weighted by Crippen LogP contribution is 2.18. The molecule has 0 aliphatic rings. The molecule has 0 aliphatic heterocycles. The molecule has 0 aliphatic carbocycles. The van der Waals surface area contributed by atoms with Crippen molar-refractivity contribution in [3.05, 3.63) is 12.2 Å². The first-order chi connectivity index (χ1) is 8.36. The first-order valence-electron chi connectivity index (χ1n) is 6.55. The molecule has 1 heterocycles. The van der Waals surface area contributed by atoms with Crippen LogP contribution in [0.1, 0.15) is 40.4 Å². The molecule has 5 heteroatoms. The molecule has 0 amide bonds. The highest BCUT2D eigenvalue weighted by Gasteiger charge is 2.29. The summed E-state index contributed by atoms with van der Waals surface area (Å²) in [5.41, 5.74) is -0.566. The number of aliphatic hydroxyl groups excluding tert-OH is 1. The molecule has 0 fully saturated rings. The van der Waals surface area contributed by atoms with Gasteiger partial charge in [-0.15, -0.1) is 0 Å². The van der Waals surface area contributed by atoms with Crippen molar-refractivity contribution in [2.45, 2.75) is 59.3 Å². The Morgan fingerprint density at radius 3 is 2.67 bits per heavy atom. The molecule has 1 rings (SSSR count). The smallest absolute Gasteiger partial charge is 0.138 e. The Kier molecular flexibility index (Phi) is 5.28. The summed E-state index contributed by atoms with van der Waals surface area (Å²) in [6, 6.07) is 0. The molecule has 1 N–H and O–H groups in total. The third kappa shape index (κ3) is 4.07. The number of aromatic nitrogens is 3. The molecule has 1 unspecified atom stereocenters. The quantitative estimate of drug-likeness (QED) is 0.805. The molecule has 1 aromatic heterocycles. The van der Waals surface area contributed by atoms with Crippen molar-refractivity contribution in [1.82, 2.24) is 14.8 Å². The Hall–Kier alpha value is -0.940. The van der Waals surface area contributed by atoms with E-state index in [9.17, 15) is 5.11 Å². The highest BCUT2D eigenvalue weighted by molar-refractivity contribution is 4.93. The highest BCUT2D eigenvalue weighted by atomic mass is 16.5. The second kappa shape index (κ2) is 6.29. The number of nitrogens with zero attached hydrogens (tertiary/aromatic N) is 3. The van der Waals surface area contributed by atoms with Crippen LogP contribution in [-0.4, -0.2) is 38.2 Å². The minimum Gasteiger partial charge on any atom is -0.390 e. The minimum atomic E-state index is -0.590. The second-order valence-electron chi connectivity index (χ2n) is 5.51. The van der Waals surface area contributed by atoms with Crippen LogP contribution < -0.4 is 0 Å². The van der Waals surface area contributed by atoms with Crippen LogP contribution in [0.15, 0.2) is 6.33 Å². The van der Waals surface area contributed by atoms with Crippen LogP contribution in [0.3, 0.4) is 0 Å². The molecule has 18 heavy (non-hydrogen) atoms. The fourth-order valence-electron chi connectivity index (χ4n) is 1.83. The summed E-state index contributed by atoms with van der Waals surface area (Å²) < 4.78 is 7.41. The summed E-state index contributed by atoms with van der Waals surface area (Å²) in [4.78, 5) is 4.22. The minimum absolute atomic E-state index is 0.458. The van der Waals surface area contributed by atoms with Crippen LogP contribution >= 0.6 is 0 Å². The van der Waals surface area contributed by atoms with Gasteiger partial charge in [-0.3, -0.25) is 0 Å². The number of ether oxygens (including phenoxy) is 1. The maximum absolute atomic E-state index is 10.2. The summed E-state index contributed by atoms with van der Waals surface area (Å²) in [6.07, 6.45) is 1.41. The zero-order valence-electron chi connectivity index (χ0n) is 12.1. The monoisotopic (exact) mass is 255 g/mol. The molecule has 0 radical (unpaired) electrons. The van der Waals surface area contributed by atoms with Gasteiger partial charge in [0.2, 0.25) is 0 Å². The van der Waals surface area contributed by atoms with Gasteiger partial charge in [-0.05, 0) is 26.7 Å². The average Bonchev–Trinajstić information content (AvgIpc) is 2.64. The molecule has 0 spiro atoms. The lowest BCUT2D eigenvalue weighted by Gasteiger charge is -2.30. The van der Waals surface area contributed by atoms with E-state index in [4.69, 9.17) is 4.74 Å². The molecular formula is C13H25N3O2. The fourth-order valence-corrected chi connectivity index (χ4v) is 1.83. The summed E-state index contributed by atoms with van der Waals surface area (Å²) in [5.74, 6) is 1.31. The van der Waals surface area contributed by atoms with E-state index < -0.39 is 11.7 Å². The topological polar surface area (TPSA) is 60.2 Å². The summed E-state index contributed by atoms with van der Waals surface area (Å²) in [6.45, 7) is 11.4. The van der Waals surface area contributed by atoms with Crippen molar-refractivity contribution in [3.8, 4) is 0 Å². The molecule has 0 saturated heterocycles. The van der Waals surface area contributed by atoms with Crippen molar-refractivity contribution >= 4 is 0 Å². The van der Waals surface area contributed by atoms with Gasteiger partial charge in [0.15, 0.2) is 0 Å². The normalized spacial score (nSPS) is 14.2. The maximum Gasteiger partial charge on any atom is 0.138 e. The van der Waals surface area contributed by atoms with Crippen LogP contribution in [0.4, 0.5) is 0 Å². The second-order valence-corrected chi connectivity index (χ2v) is 5.51. The van der Waals surface area contributed by atoms with Gasteiger partial charge >= 0.3 is 0 Å². The number of aliphatic hydroxyl groups is 1. The summed E-state index contributed by atoms with van der Waals surface area (Å²) in [5, 5.41) is 14.4. The Bertz CT molecular complexity index is 361.